The summed E-state index contributed by atoms with van der Waals surface area (Å²) in [4.78, 5) is 35.7. The van der Waals surface area contributed by atoms with Crippen molar-refractivity contribution in [1.29, 1.82) is 0 Å². The van der Waals surface area contributed by atoms with Crippen molar-refractivity contribution in [3.05, 3.63) is 69.3 Å². The number of nitrogen functional groups attached to an aromatic ring is 1. The Kier molecular flexibility index (Phi) is 5.33. The first-order valence-electron chi connectivity index (χ1n) is 7.44. The molecular weight excluding hydrogens is 324 g/mol. The number of hydrogen-bond donors (Lipinski definition) is 2. The van der Waals surface area contributed by atoms with E-state index in [2.05, 4.69) is 5.32 Å². The van der Waals surface area contributed by atoms with Crippen LogP contribution < -0.4 is 11.1 Å². The third kappa shape index (κ3) is 4.11. The van der Waals surface area contributed by atoms with Crippen LogP contribution in [0.4, 0.5) is 11.4 Å². The van der Waals surface area contributed by atoms with Crippen LogP contribution in [-0.2, 0) is 6.54 Å². The molecular formula is C17H18N4O4. The average Bonchev–Trinajstić information content (AvgIpc) is 2.61. The molecule has 25 heavy (non-hydrogen) atoms. The van der Waals surface area contributed by atoms with Gasteiger partial charge in [0, 0.05) is 37.8 Å². The number of nitrogens with one attached hydrogen (secondary N) is 1. The Bertz CT molecular complexity index is 818. The lowest BCUT2D eigenvalue weighted by molar-refractivity contribution is -0.383. The second kappa shape index (κ2) is 7.43. The van der Waals surface area contributed by atoms with E-state index in [0.717, 1.165) is 5.56 Å². The van der Waals surface area contributed by atoms with E-state index < -0.39 is 4.92 Å². The number of nitro groups is 1. The Morgan fingerprint density at radius 3 is 2.32 bits per heavy atom. The van der Waals surface area contributed by atoms with E-state index in [1.54, 1.807) is 38.4 Å². The molecule has 0 saturated carbocycles. The quantitative estimate of drug-likeness (QED) is 0.488. The van der Waals surface area contributed by atoms with Crippen LogP contribution in [-0.4, -0.2) is 35.7 Å². The molecule has 0 atom stereocenters. The van der Waals surface area contributed by atoms with Crippen molar-refractivity contribution < 1.29 is 14.5 Å². The minimum absolute atomic E-state index is 0.00833. The predicted octanol–water partition coefficient (Wildman–Crippen LogP) is 1.81. The maximum Gasteiger partial charge on any atom is 0.292 e. The van der Waals surface area contributed by atoms with Gasteiger partial charge in [-0.1, -0.05) is 12.1 Å². The monoisotopic (exact) mass is 342 g/mol. The molecule has 0 unspecified atom stereocenters. The van der Waals surface area contributed by atoms with E-state index >= 15 is 0 Å². The fourth-order valence-electron chi connectivity index (χ4n) is 2.31. The van der Waals surface area contributed by atoms with E-state index in [4.69, 9.17) is 5.73 Å². The number of hydrogen-bond acceptors (Lipinski definition) is 5. The summed E-state index contributed by atoms with van der Waals surface area (Å²) >= 11 is 0. The van der Waals surface area contributed by atoms with Gasteiger partial charge in [0.25, 0.3) is 17.5 Å². The Hall–Kier alpha value is -3.42. The van der Waals surface area contributed by atoms with Gasteiger partial charge in [-0.15, -0.1) is 0 Å². The molecule has 2 rings (SSSR count). The van der Waals surface area contributed by atoms with Gasteiger partial charge in [0.2, 0.25) is 0 Å². The largest absolute Gasteiger partial charge is 0.393 e. The zero-order valence-corrected chi connectivity index (χ0v) is 13.9. The van der Waals surface area contributed by atoms with Crippen molar-refractivity contribution in [3.63, 3.8) is 0 Å². The predicted molar refractivity (Wildman–Crippen MR) is 93.1 cm³/mol. The highest BCUT2D eigenvalue weighted by Gasteiger charge is 2.18. The van der Waals surface area contributed by atoms with Gasteiger partial charge >= 0.3 is 0 Å². The topological polar surface area (TPSA) is 119 Å². The molecule has 8 nitrogen and oxygen atoms in total. The van der Waals surface area contributed by atoms with Crippen molar-refractivity contribution in [2.45, 2.75) is 6.54 Å². The number of carbonyl (C=O) groups excluding carboxylic acids is 2. The second-order valence-corrected chi connectivity index (χ2v) is 5.47. The number of amides is 2. The second-order valence-electron chi connectivity index (χ2n) is 5.47. The highest BCUT2D eigenvalue weighted by Crippen LogP contribution is 2.23. The van der Waals surface area contributed by atoms with Crippen molar-refractivity contribution in [1.82, 2.24) is 10.2 Å². The summed E-state index contributed by atoms with van der Waals surface area (Å²) < 4.78 is 0. The zero-order chi connectivity index (χ0) is 18.6. The van der Waals surface area contributed by atoms with E-state index in [1.807, 2.05) is 0 Å². The molecule has 0 aliphatic carbocycles. The summed E-state index contributed by atoms with van der Waals surface area (Å²) in [5.41, 5.74) is 6.79. The molecule has 130 valence electrons. The number of nitro benzene ring substituents is 1. The lowest BCUT2D eigenvalue weighted by Gasteiger charge is -2.17. The van der Waals surface area contributed by atoms with Crippen molar-refractivity contribution in [3.8, 4) is 0 Å². The Morgan fingerprint density at radius 1 is 1.16 bits per heavy atom. The fraction of sp³-hybridized carbons (Fsp3) is 0.176. The standard InChI is InChI=1S/C17H18N4O4/c1-19-16(22)12-5-3-11(4-6-12)10-20(2)17(23)13-7-8-14(18)15(9-13)21(24)25/h3-9H,10,18H2,1-2H3,(H,19,22). The molecule has 0 aromatic heterocycles. The van der Waals surface area contributed by atoms with E-state index in [1.165, 1.54) is 23.1 Å². The number of rotatable bonds is 5. The van der Waals surface area contributed by atoms with Gasteiger partial charge in [0.1, 0.15) is 5.69 Å². The minimum Gasteiger partial charge on any atom is -0.393 e. The summed E-state index contributed by atoms with van der Waals surface area (Å²) in [7, 11) is 3.14. The number of benzene rings is 2. The van der Waals surface area contributed by atoms with Crippen molar-refractivity contribution >= 4 is 23.2 Å². The van der Waals surface area contributed by atoms with Gasteiger partial charge in [0.05, 0.1) is 4.92 Å². The maximum absolute atomic E-state index is 12.5. The lowest BCUT2D eigenvalue weighted by atomic mass is 10.1. The Balaban J connectivity index is 2.14. The van der Waals surface area contributed by atoms with Crippen LogP contribution in [0, 0.1) is 10.1 Å². The third-order valence-electron chi connectivity index (χ3n) is 3.68. The van der Waals surface area contributed by atoms with Crippen LogP contribution in [0.25, 0.3) is 0 Å². The summed E-state index contributed by atoms with van der Waals surface area (Å²) in [5.74, 6) is -0.552. The van der Waals surface area contributed by atoms with Crippen LogP contribution in [0.15, 0.2) is 42.5 Å². The molecule has 0 fully saturated rings. The third-order valence-corrected chi connectivity index (χ3v) is 3.68. The van der Waals surface area contributed by atoms with Gasteiger partial charge in [-0.25, -0.2) is 0 Å². The van der Waals surface area contributed by atoms with Gasteiger partial charge in [-0.3, -0.25) is 19.7 Å². The first-order chi connectivity index (χ1) is 11.8. The smallest absolute Gasteiger partial charge is 0.292 e. The average molecular weight is 342 g/mol. The van der Waals surface area contributed by atoms with Crippen LogP contribution in [0.3, 0.4) is 0 Å². The molecule has 2 amide bonds. The van der Waals surface area contributed by atoms with Crippen molar-refractivity contribution in [2.75, 3.05) is 19.8 Å². The molecule has 0 spiro atoms. The molecule has 0 aliphatic heterocycles. The number of nitrogens with zero attached hydrogens (tertiary/aromatic N) is 2. The van der Waals surface area contributed by atoms with E-state index in [9.17, 15) is 19.7 Å². The molecule has 0 aliphatic rings. The maximum atomic E-state index is 12.5. The number of carbonyl (C=O) groups is 2. The van der Waals surface area contributed by atoms with Crippen LogP contribution in [0.1, 0.15) is 26.3 Å². The van der Waals surface area contributed by atoms with Gasteiger partial charge < -0.3 is 16.0 Å². The summed E-state index contributed by atoms with van der Waals surface area (Å²) in [6.07, 6.45) is 0. The summed E-state index contributed by atoms with van der Waals surface area (Å²) in [6.45, 7) is 0.297. The fourth-order valence-corrected chi connectivity index (χ4v) is 2.31. The molecule has 8 heteroatoms. The molecule has 2 aromatic rings. The van der Waals surface area contributed by atoms with Gasteiger partial charge in [-0.05, 0) is 29.8 Å². The van der Waals surface area contributed by atoms with Crippen LogP contribution in [0.2, 0.25) is 0 Å². The molecule has 0 radical (unpaired) electrons. The molecule has 0 bridgehead atoms. The Morgan fingerprint density at radius 2 is 1.76 bits per heavy atom. The van der Waals surface area contributed by atoms with Crippen molar-refractivity contribution in [2.24, 2.45) is 0 Å². The minimum atomic E-state index is -0.621. The lowest BCUT2D eigenvalue weighted by Crippen LogP contribution is -2.26. The summed E-state index contributed by atoms with van der Waals surface area (Å²) in [6, 6.07) is 10.8. The zero-order valence-electron chi connectivity index (χ0n) is 13.9. The molecule has 3 N–H and O–H groups in total. The molecule has 0 heterocycles. The molecule has 0 saturated heterocycles. The molecule has 2 aromatic carbocycles. The normalized spacial score (nSPS) is 10.2. The van der Waals surface area contributed by atoms with E-state index in [-0.39, 0.29) is 28.8 Å². The van der Waals surface area contributed by atoms with Gasteiger partial charge in [0.15, 0.2) is 0 Å². The summed E-state index contributed by atoms with van der Waals surface area (Å²) in [5, 5.41) is 13.5. The van der Waals surface area contributed by atoms with E-state index in [0.29, 0.717) is 12.1 Å². The highest BCUT2D eigenvalue weighted by molar-refractivity contribution is 5.95. The Labute approximate surface area is 144 Å². The SMILES string of the molecule is CNC(=O)c1ccc(CN(C)C(=O)c2ccc(N)c([N+](=O)[O-])c2)cc1. The van der Waals surface area contributed by atoms with Gasteiger partial charge in [-0.2, -0.15) is 0 Å². The first kappa shape index (κ1) is 17.9. The van der Waals surface area contributed by atoms with Crippen LogP contribution in [0.5, 0.6) is 0 Å². The number of anilines is 1. The number of nitrogens with two attached hydrogens (primary N) is 1. The first-order valence-corrected chi connectivity index (χ1v) is 7.44. The highest BCUT2D eigenvalue weighted by atomic mass is 16.6. The van der Waals surface area contributed by atoms with Crippen LogP contribution >= 0.6 is 0 Å².